The molecule has 0 nitrogen and oxygen atoms in total. The van der Waals surface area contributed by atoms with Gasteiger partial charge in [0.05, 0.1) is 0 Å². The molecule has 0 aromatic rings. The third kappa shape index (κ3) is 3.15. The van der Waals surface area contributed by atoms with Crippen molar-refractivity contribution in [2.45, 2.75) is 18.6 Å². The first kappa shape index (κ1) is 18.5. The second-order valence-corrected chi connectivity index (χ2v) is 5.31. The van der Waals surface area contributed by atoms with Gasteiger partial charge in [-0.2, -0.15) is 0 Å². The van der Waals surface area contributed by atoms with Crippen LogP contribution < -0.4 is 24.8 Å². The van der Waals surface area contributed by atoms with E-state index in [0.29, 0.717) is 11.2 Å². The maximum absolute atomic E-state index is 2.31. The van der Waals surface area contributed by atoms with E-state index >= 15 is 0 Å². The summed E-state index contributed by atoms with van der Waals surface area (Å²) in [6, 6.07) is 0. The molecule has 2 aliphatic carbocycles. The number of hydrogen-bond donors (Lipinski definition) is 0. The molecule has 0 N–H and O–H groups in total. The molecule has 3 rings (SSSR count). The van der Waals surface area contributed by atoms with Gasteiger partial charge < -0.3 is 24.8 Å². The third-order valence-electron chi connectivity index (χ3n) is 3.18. The van der Waals surface area contributed by atoms with Crippen LogP contribution in [0, 0.1) is 5.92 Å². The molecule has 1 heterocycles. The number of halogens is 2. The molecule has 18 heavy (non-hydrogen) atoms. The van der Waals surface area contributed by atoms with Gasteiger partial charge in [0.2, 0.25) is 0 Å². The van der Waals surface area contributed by atoms with Gasteiger partial charge in [-0.05, 0) is 23.6 Å². The van der Waals surface area contributed by atoms with E-state index < -0.39 is 0 Å². The van der Waals surface area contributed by atoms with Crippen molar-refractivity contribution in [3.63, 3.8) is 0 Å². The number of rotatable bonds is 2. The Balaban J connectivity index is 0.000000963. The SMILES string of the molecule is CCC1SC2=CC=CC2=C1C1C=CC=C1.[Cl-].[Cl-].[Zr+2]. The zero-order valence-electron chi connectivity index (χ0n) is 10.1. The Labute approximate surface area is 145 Å². The minimum atomic E-state index is 0. The van der Waals surface area contributed by atoms with Gasteiger partial charge in [0.15, 0.2) is 0 Å². The van der Waals surface area contributed by atoms with Crippen molar-refractivity contribution in [3.05, 3.63) is 58.6 Å². The van der Waals surface area contributed by atoms with E-state index in [9.17, 15) is 0 Å². The Kier molecular flexibility index (Phi) is 8.17. The predicted octanol–water partition coefficient (Wildman–Crippen LogP) is -1.99. The number of hydrogen-bond acceptors (Lipinski definition) is 1. The normalized spacial score (nSPS) is 23.4. The van der Waals surface area contributed by atoms with Crippen molar-refractivity contribution in [2.24, 2.45) is 5.92 Å². The zero-order chi connectivity index (χ0) is 10.3. The van der Waals surface area contributed by atoms with Crippen molar-refractivity contribution < 1.29 is 51.0 Å². The fourth-order valence-corrected chi connectivity index (χ4v) is 3.83. The summed E-state index contributed by atoms with van der Waals surface area (Å²) >= 11 is 2.03. The maximum Gasteiger partial charge on any atom is 2.00 e. The summed E-state index contributed by atoms with van der Waals surface area (Å²) in [5.41, 5.74) is 3.11. The van der Waals surface area contributed by atoms with Crippen molar-refractivity contribution in [1.82, 2.24) is 0 Å². The predicted molar refractivity (Wildman–Crippen MR) is 67.7 cm³/mol. The Bertz CT molecular complexity index is 435. The molecule has 3 aliphatic rings. The molecule has 0 bridgehead atoms. The summed E-state index contributed by atoms with van der Waals surface area (Å²) in [7, 11) is 0. The molecule has 4 heteroatoms. The number of allylic oxidation sites excluding steroid dienone is 8. The molecule has 0 aromatic heterocycles. The summed E-state index contributed by atoms with van der Waals surface area (Å²) in [5, 5.41) is 0.689. The van der Waals surface area contributed by atoms with Crippen LogP contribution in [-0.2, 0) is 26.2 Å². The standard InChI is InChI=1S/C14H14S.2ClH.Zr/c1-2-12-14(10-6-3-4-7-10)11-8-5-9-13(11)15-12;;;/h3-10,12H,2H2,1H3;2*1H;/q;;;+2/p-2. The maximum atomic E-state index is 2.31. The zero-order valence-corrected chi connectivity index (χ0v) is 14.9. The van der Waals surface area contributed by atoms with Crippen molar-refractivity contribution in [2.75, 3.05) is 0 Å². The third-order valence-corrected chi connectivity index (χ3v) is 4.66. The van der Waals surface area contributed by atoms with Crippen LogP contribution >= 0.6 is 11.8 Å². The minimum absolute atomic E-state index is 0. The molecule has 1 aliphatic heterocycles. The molecule has 0 radical (unpaired) electrons. The summed E-state index contributed by atoms with van der Waals surface area (Å²) < 4.78 is 0. The first-order valence-corrected chi connectivity index (χ1v) is 6.42. The van der Waals surface area contributed by atoms with E-state index in [-0.39, 0.29) is 51.0 Å². The molecule has 1 atom stereocenters. The average Bonchev–Trinajstić information content (AvgIpc) is 2.92. The molecular formula is C14H14Cl2SZr. The van der Waals surface area contributed by atoms with Crippen molar-refractivity contribution in [3.8, 4) is 0 Å². The molecule has 0 saturated heterocycles. The molecule has 0 spiro atoms. The summed E-state index contributed by atoms with van der Waals surface area (Å²) in [6.45, 7) is 2.28. The molecule has 0 aromatic carbocycles. The number of thioether (sulfide) groups is 1. The van der Waals surface area contributed by atoms with Gasteiger partial charge in [-0.25, -0.2) is 0 Å². The van der Waals surface area contributed by atoms with Crippen LogP contribution in [0.5, 0.6) is 0 Å². The first-order chi connectivity index (χ1) is 7.40. The quantitative estimate of drug-likeness (QED) is 0.538. The minimum Gasteiger partial charge on any atom is -1.00 e. The monoisotopic (exact) mass is 374 g/mol. The van der Waals surface area contributed by atoms with E-state index in [1.165, 1.54) is 16.9 Å². The Morgan fingerprint density at radius 2 is 1.78 bits per heavy atom. The van der Waals surface area contributed by atoms with Crippen LogP contribution in [0.25, 0.3) is 0 Å². The van der Waals surface area contributed by atoms with Gasteiger partial charge in [0.1, 0.15) is 0 Å². The van der Waals surface area contributed by atoms with Crippen molar-refractivity contribution >= 4 is 11.8 Å². The molecule has 94 valence electrons. The largest absolute Gasteiger partial charge is 2.00 e. The molecule has 0 saturated carbocycles. The average molecular weight is 376 g/mol. The summed E-state index contributed by atoms with van der Waals surface area (Å²) in [5.74, 6) is 0.547. The van der Waals surface area contributed by atoms with Gasteiger partial charge >= 0.3 is 26.2 Å². The Morgan fingerprint density at radius 1 is 1.11 bits per heavy atom. The van der Waals surface area contributed by atoms with E-state index in [1.54, 1.807) is 5.57 Å². The van der Waals surface area contributed by atoms with E-state index in [1.807, 2.05) is 11.8 Å². The van der Waals surface area contributed by atoms with E-state index in [4.69, 9.17) is 0 Å². The molecular weight excluding hydrogens is 362 g/mol. The topological polar surface area (TPSA) is 0 Å². The van der Waals surface area contributed by atoms with Crippen LogP contribution in [0.3, 0.4) is 0 Å². The summed E-state index contributed by atoms with van der Waals surface area (Å²) in [6.07, 6.45) is 16.9. The van der Waals surface area contributed by atoms with Gasteiger partial charge in [-0.15, -0.1) is 11.8 Å². The van der Waals surface area contributed by atoms with Gasteiger partial charge in [0, 0.05) is 16.1 Å². The molecule has 1 unspecified atom stereocenters. The molecule has 0 amide bonds. The first-order valence-electron chi connectivity index (χ1n) is 5.54. The van der Waals surface area contributed by atoms with Crippen LogP contribution in [0.2, 0.25) is 0 Å². The Hall–Kier alpha value is 0.513. The van der Waals surface area contributed by atoms with Crippen LogP contribution in [-0.4, -0.2) is 5.25 Å². The summed E-state index contributed by atoms with van der Waals surface area (Å²) in [4.78, 5) is 1.48. The van der Waals surface area contributed by atoms with Gasteiger partial charge in [-0.1, -0.05) is 43.4 Å². The van der Waals surface area contributed by atoms with Gasteiger partial charge in [-0.3, -0.25) is 0 Å². The second kappa shape index (κ2) is 7.95. The van der Waals surface area contributed by atoms with Crippen LogP contribution in [0.1, 0.15) is 13.3 Å². The van der Waals surface area contributed by atoms with E-state index in [0.717, 1.165) is 0 Å². The van der Waals surface area contributed by atoms with Crippen molar-refractivity contribution in [1.29, 1.82) is 0 Å². The molecule has 0 fully saturated rings. The van der Waals surface area contributed by atoms with Gasteiger partial charge in [0.25, 0.3) is 0 Å². The second-order valence-electron chi connectivity index (χ2n) is 4.07. The Morgan fingerprint density at radius 3 is 2.39 bits per heavy atom. The fourth-order valence-electron chi connectivity index (χ4n) is 2.47. The van der Waals surface area contributed by atoms with Crippen LogP contribution in [0.15, 0.2) is 58.6 Å². The smallest absolute Gasteiger partial charge is 1.00 e. The number of fused-ring (bicyclic) bond motifs is 1. The van der Waals surface area contributed by atoms with Crippen LogP contribution in [0.4, 0.5) is 0 Å². The van der Waals surface area contributed by atoms with E-state index in [2.05, 4.69) is 49.5 Å². The fraction of sp³-hybridized carbons (Fsp3) is 0.286.